The van der Waals surface area contributed by atoms with Crippen LogP contribution in [0.15, 0.2) is 24.3 Å². The predicted molar refractivity (Wildman–Crippen MR) is 57.9 cm³/mol. The standard InChI is InChI=1S/C11H14N2O2/c1-15-11-5-3-2-4-10(11)13-7-6-9(8-14)12-13/h2-5,8-9,12H,6-7H2,1H3. The highest BCUT2D eigenvalue weighted by atomic mass is 16.5. The summed E-state index contributed by atoms with van der Waals surface area (Å²) >= 11 is 0. The van der Waals surface area contributed by atoms with Gasteiger partial charge in [-0.2, -0.15) is 0 Å². The average Bonchev–Trinajstić information content (AvgIpc) is 2.77. The summed E-state index contributed by atoms with van der Waals surface area (Å²) in [4.78, 5) is 10.6. The molecule has 1 unspecified atom stereocenters. The van der Waals surface area contributed by atoms with Crippen LogP contribution in [0.4, 0.5) is 5.69 Å². The van der Waals surface area contributed by atoms with Crippen molar-refractivity contribution >= 4 is 12.0 Å². The lowest BCUT2D eigenvalue weighted by atomic mass is 10.2. The van der Waals surface area contributed by atoms with Gasteiger partial charge in [-0.3, -0.25) is 0 Å². The topological polar surface area (TPSA) is 41.6 Å². The highest BCUT2D eigenvalue weighted by Crippen LogP contribution is 2.28. The van der Waals surface area contributed by atoms with E-state index in [-0.39, 0.29) is 6.04 Å². The molecule has 1 heterocycles. The van der Waals surface area contributed by atoms with Crippen molar-refractivity contribution in [2.75, 3.05) is 18.7 Å². The molecule has 4 nitrogen and oxygen atoms in total. The van der Waals surface area contributed by atoms with Gasteiger partial charge in [0.05, 0.1) is 18.8 Å². The molecule has 4 heteroatoms. The molecule has 0 spiro atoms. The van der Waals surface area contributed by atoms with E-state index in [0.717, 1.165) is 30.7 Å². The largest absolute Gasteiger partial charge is 0.495 e. The van der Waals surface area contributed by atoms with Crippen molar-refractivity contribution in [3.8, 4) is 5.75 Å². The second-order valence-electron chi connectivity index (χ2n) is 3.48. The van der Waals surface area contributed by atoms with Crippen molar-refractivity contribution in [2.45, 2.75) is 12.5 Å². The number of para-hydroxylation sites is 2. The first-order chi connectivity index (χ1) is 7.35. The molecule has 1 fully saturated rings. The zero-order valence-corrected chi connectivity index (χ0v) is 8.64. The van der Waals surface area contributed by atoms with Crippen molar-refractivity contribution in [2.24, 2.45) is 0 Å². The summed E-state index contributed by atoms with van der Waals surface area (Å²) in [5.74, 6) is 0.816. The molecule has 15 heavy (non-hydrogen) atoms. The van der Waals surface area contributed by atoms with Gasteiger partial charge in [0.15, 0.2) is 0 Å². The third kappa shape index (κ3) is 1.94. The van der Waals surface area contributed by atoms with Crippen LogP contribution in [0.5, 0.6) is 5.75 Å². The third-order valence-electron chi connectivity index (χ3n) is 2.53. The number of hydrazine groups is 1. The first-order valence-corrected chi connectivity index (χ1v) is 4.97. The number of nitrogens with one attached hydrogen (secondary N) is 1. The van der Waals surface area contributed by atoms with Crippen molar-refractivity contribution in [3.63, 3.8) is 0 Å². The lowest BCUT2D eigenvalue weighted by Gasteiger charge is -2.20. The van der Waals surface area contributed by atoms with Gasteiger partial charge in [-0.05, 0) is 18.6 Å². The number of methoxy groups -OCH3 is 1. The van der Waals surface area contributed by atoms with E-state index in [9.17, 15) is 4.79 Å². The van der Waals surface area contributed by atoms with E-state index in [1.54, 1.807) is 7.11 Å². The van der Waals surface area contributed by atoms with Crippen molar-refractivity contribution < 1.29 is 9.53 Å². The summed E-state index contributed by atoms with van der Waals surface area (Å²) in [6, 6.07) is 7.68. The molecule has 1 N–H and O–H groups in total. The minimum Gasteiger partial charge on any atom is -0.495 e. The van der Waals surface area contributed by atoms with E-state index in [1.807, 2.05) is 29.3 Å². The van der Waals surface area contributed by atoms with Gasteiger partial charge >= 0.3 is 0 Å². The summed E-state index contributed by atoms with van der Waals surface area (Å²) in [5, 5.41) is 1.96. The lowest BCUT2D eigenvalue weighted by molar-refractivity contribution is -0.109. The van der Waals surface area contributed by atoms with Gasteiger partial charge in [-0.15, -0.1) is 0 Å². The summed E-state index contributed by atoms with van der Waals surface area (Å²) in [5.41, 5.74) is 4.09. The fourth-order valence-electron chi connectivity index (χ4n) is 1.74. The van der Waals surface area contributed by atoms with Gasteiger partial charge in [0, 0.05) is 6.54 Å². The Morgan fingerprint density at radius 2 is 2.33 bits per heavy atom. The molecule has 1 saturated heterocycles. The highest BCUT2D eigenvalue weighted by molar-refractivity contribution is 5.63. The minimum atomic E-state index is -0.0742. The number of carbonyl (C=O) groups excluding carboxylic acids is 1. The summed E-state index contributed by atoms with van der Waals surface area (Å²) in [7, 11) is 1.64. The molecular formula is C11H14N2O2. The lowest BCUT2D eigenvalue weighted by Crippen LogP contribution is -2.36. The zero-order chi connectivity index (χ0) is 10.7. The number of carbonyl (C=O) groups is 1. The predicted octanol–water partition coefficient (Wildman–Crippen LogP) is 0.977. The molecule has 0 saturated carbocycles. The normalized spacial score (nSPS) is 20.3. The second-order valence-corrected chi connectivity index (χ2v) is 3.48. The monoisotopic (exact) mass is 206 g/mol. The van der Waals surface area contributed by atoms with Crippen LogP contribution in [-0.2, 0) is 4.79 Å². The van der Waals surface area contributed by atoms with Crippen LogP contribution in [-0.4, -0.2) is 26.0 Å². The number of rotatable bonds is 3. The Morgan fingerprint density at radius 1 is 1.53 bits per heavy atom. The molecule has 1 aliphatic heterocycles. The van der Waals surface area contributed by atoms with Crippen LogP contribution in [0.1, 0.15) is 6.42 Å². The van der Waals surface area contributed by atoms with E-state index in [1.165, 1.54) is 0 Å². The molecule has 1 aliphatic rings. The van der Waals surface area contributed by atoms with Crippen LogP contribution in [0.3, 0.4) is 0 Å². The average molecular weight is 206 g/mol. The number of hydrogen-bond acceptors (Lipinski definition) is 4. The van der Waals surface area contributed by atoms with Gasteiger partial charge in [0.2, 0.25) is 0 Å². The smallest absolute Gasteiger partial charge is 0.143 e. The molecule has 0 aromatic heterocycles. The summed E-state index contributed by atoms with van der Waals surface area (Å²) in [6.45, 7) is 0.823. The number of aldehydes is 1. The van der Waals surface area contributed by atoms with Crippen LogP contribution in [0.2, 0.25) is 0 Å². The Balaban J connectivity index is 2.19. The summed E-state index contributed by atoms with van der Waals surface area (Å²) < 4.78 is 5.26. The molecule has 0 amide bonds. The number of ether oxygens (including phenoxy) is 1. The van der Waals surface area contributed by atoms with Crippen molar-refractivity contribution in [1.29, 1.82) is 0 Å². The molecule has 80 valence electrons. The third-order valence-corrected chi connectivity index (χ3v) is 2.53. The van der Waals surface area contributed by atoms with Crippen molar-refractivity contribution in [1.82, 2.24) is 5.43 Å². The SMILES string of the molecule is COc1ccccc1N1CCC(C=O)N1. The Hall–Kier alpha value is -1.55. The Labute approximate surface area is 88.8 Å². The van der Waals surface area contributed by atoms with Crippen LogP contribution in [0, 0.1) is 0 Å². The van der Waals surface area contributed by atoms with E-state index in [0.29, 0.717) is 0 Å². The molecule has 0 radical (unpaired) electrons. The Bertz CT molecular complexity index is 354. The van der Waals surface area contributed by atoms with Crippen LogP contribution in [0.25, 0.3) is 0 Å². The Kier molecular flexibility index (Phi) is 2.87. The maximum absolute atomic E-state index is 10.6. The number of nitrogens with zero attached hydrogens (tertiary/aromatic N) is 1. The maximum Gasteiger partial charge on any atom is 0.143 e. The van der Waals surface area contributed by atoms with Gasteiger partial charge in [0.1, 0.15) is 12.0 Å². The first kappa shape index (κ1) is 9.98. The maximum atomic E-state index is 10.6. The Morgan fingerprint density at radius 3 is 3.00 bits per heavy atom. The van der Waals surface area contributed by atoms with E-state index in [4.69, 9.17) is 4.74 Å². The molecule has 1 aromatic rings. The van der Waals surface area contributed by atoms with E-state index >= 15 is 0 Å². The highest BCUT2D eigenvalue weighted by Gasteiger charge is 2.22. The fourth-order valence-corrected chi connectivity index (χ4v) is 1.74. The van der Waals surface area contributed by atoms with Crippen LogP contribution >= 0.6 is 0 Å². The van der Waals surface area contributed by atoms with Crippen LogP contribution < -0.4 is 15.2 Å². The van der Waals surface area contributed by atoms with Crippen molar-refractivity contribution in [3.05, 3.63) is 24.3 Å². The minimum absolute atomic E-state index is 0.0742. The summed E-state index contributed by atoms with van der Waals surface area (Å²) in [6.07, 6.45) is 1.77. The van der Waals surface area contributed by atoms with Gasteiger partial charge in [-0.25, -0.2) is 5.43 Å². The molecule has 0 aliphatic carbocycles. The molecule has 1 aromatic carbocycles. The van der Waals surface area contributed by atoms with Gasteiger partial charge in [0.25, 0.3) is 0 Å². The molecular weight excluding hydrogens is 192 g/mol. The fraction of sp³-hybridized carbons (Fsp3) is 0.364. The number of anilines is 1. The first-order valence-electron chi connectivity index (χ1n) is 4.97. The van der Waals surface area contributed by atoms with Gasteiger partial charge in [-0.1, -0.05) is 12.1 Å². The van der Waals surface area contributed by atoms with E-state index < -0.39 is 0 Å². The van der Waals surface area contributed by atoms with E-state index in [2.05, 4.69) is 5.43 Å². The molecule has 1 atom stereocenters. The number of hydrogen-bond donors (Lipinski definition) is 1. The zero-order valence-electron chi connectivity index (χ0n) is 8.64. The quantitative estimate of drug-likeness (QED) is 0.748. The van der Waals surface area contributed by atoms with Gasteiger partial charge < -0.3 is 14.5 Å². The molecule has 2 rings (SSSR count). The second kappa shape index (κ2) is 4.31. The number of benzene rings is 1. The molecule has 0 bridgehead atoms.